The molecule has 36 heavy (non-hydrogen) atoms. The van der Waals surface area contributed by atoms with Crippen LogP contribution in [0.2, 0.25) is 0 Å². The molecule has 0 radical (unpaired) electrons. The highest BCUT2D eigenvalue weighted by Crippen LogP contribution is 2.56. The summed E-state index contributed by atoms with van der Waals surface area (Å²) in [7, 11) is 0. The van der Waals surface area contributed by atoms with Crippen LogP contribution < -0.4 is 5.32 Å². The molecule has 4 heteroatoms. The topological polar surface area (TPSA) is 66.4 Å². The van der Waals surface area contributed by atoms with E-state index in [2.05, 4.69) is 58.2 Å². The fourth-order valence-electron chi connectivity index (χ4n) is 7.16. The summed E-state index contributed by atoms with van der Waals surface area (Å²) in [5.74, 6) is -0.234. The molecule has 2 N–H and O–H groups in total. The first-order valence-electron chi connectivity index (χ1n) is 13.3. The number of benzene rings is 1. The Balaban J connectivity index is 1.76. The number of amides is 1. The van der Waals surface area contributed by atoms with E-state index in [1.807, 2.05) is 37.3 Å². The first-order chi connectivity index (χ1) is 17.0. The lowest BCUT2D eigenvalue weighted by Crippen LogP contribution is -2.48. The van der Waals surface area contributed by atoms with Gasteiger partial charge in [0.1, 0.15) is 0 Å². The van der Waals surface area contributed by atoms with E-state index >= 15 is 0 Å². The van der Waals surface area contributed by atoms with Gasteiger partial charge < -0.3 is 10.4 Å². The predicted octanol–water partition coefficient (Wildman–Crippen LogP) is 6.09. The number of carbonyl (C=O) groups excluding carboxylic acids is 2. The highest BCUT2D eigenvalue weighted by atomic mass is 16.3. The Kier molecular flexibility index (Phi) is 7.30. The third-order valence-corrected chi connectivity index (χ3v) is 8.69. The fraction of sp³-hybridized carbons (Fsp3) is 0.500. The Morgan fingerprint density at radius 3 is 2.53 bits per heavy atom. The first kappa shape index (κ1) is 26.3. The molecule has 0 unspecified atom stereocenters. The third-order valence-electron chi connectivity index (χ3n) is 8.69. The zero-order chi connectivity index (χ0) is 26.3. The summed E-state index contributed by atoms with van der Waals surface area (Å²) in [4.78, 5) is 27.5. The van der Waals surface area contributed by atoms with Crippen molar-refractivity contribution in [3.05, 3.63) is 82.5 Å². The molecule has 192 valence electrons. The van der Waals surface area contributed by atoms with Gasteiger partial charge in [-0.05, 0) is 69.4 Å². The van der Waals surface area contributed by atoms with Crippen molar-refractivity contribution < 1.29 is 14.7 Å². The largest absolute Gasteiger partial charge is 0.367 e. The van der Waals surface area contributed by atoms with Crippen molar-refractivity contribution in [2.45, 2.75) is 73.0 Å². The normalized spacial score (nSPS) is 35.0. The molecule has 0 spiro atoms. The number of fused-ring (bicyclic) bond motifs is 1. The lowest BCUT2D eigenvalue weighted by atomic mass is 9.52. The molecule has 0 saturated heterocycles. The SMILES string of the molecule is C/C=C(C)/C=C(\C)[C@@H]1C(C)=C[C@]2(C)C[C@H](C)CC[C@H]2[C@@H]1C(=O)C1=C[C@](O)(Cc2ccccc2)NC1=O. The number of carbonyl (C=O) groups is 2. The maximum absolute atomic E-state index is 14.3. The smallest absolute Gasteiger partial charge is 0.257 e. The van der Waals surface area contributed by atoms with Gasteiger partial charge in [0.25, 0.3) is 5.91 Å². The van der Waals surface area contributed by atoms with Crippen molar-refractivity contribution in [3.8, 4) is 0 Å². The third kappa shape index (κ3) is 5.06. The molecule has 0 bridgehead atoms. The number of allylic oxidation sites excluding steroid dienone is 6. The van der Waals surface area contributed by atoms with Crippen LogP contribution in [-0.2, 0) is 16.0 Å². The molecule has 4 nitrogen and oxygen atoms in total. The monoisotopic (exact) mass is 487 g/mol. The highest BCUT2D eigenvalue weighted by molar-refractivity contribution is 6.22. The molecule has 3 aliphatic rings. The van der Waals surface area contributed by atoms with Gasteiger partial charge in [-0.15, -0.1) is 0 Å². The zero-order valence-electron chi connectivity index (χ0n) is 22.6. The van der Waals surface area contributed by atoms with Crippen molar-refractivity contribution in [3.63, 3.8) is 0 Å². The summed E-state index contributed by atoms with van der Waals surface area (Å²) in [6, 6.07) is 9.54. The Hall–Kier alpha value is -2.72. The molecule has 4 rings (SSSR count). The van der Waals surface area contributed by atoms with E-state index in [1.54, 1.807) is 0 Å². The molecule has 1 aromatic carbocycles. The average molecular weight is 488 g/mol. The molecular formula is C32H41NO3. The summed E-state index contributed by atoms with van der Waals surface area (Å²) in [5, 5.41) is 13.9. The van der Waals surface area contributed by atoms with E-state index in [0.29, 0.717) is 5.92 Å². The second kappa shape index (κ2) is 9.97. The maximum Gasteiger partial charge on any atom is 0.257 e. The van der Waals surface area contributed by atoms with Gasteiger partial charge in [-0.2, -0.15) is 0 Å². The number of hydrogen-bond donors (Lipinski definition) is 2. The minimum absolute atomic E-state index is 0.0598. The van der Waals surface area contributed by atoms with E-state index < -0.39 is 11.6 Å². The van der Waals surface area contributed by atoms with E-state index in [0.717, 1.165) is 36.0 Å². The van der Waals surface area contributed by atoms with E-state index in [-0.39, 0.29) is 40.9 Å². The molecule has 1 saturated carbocycles. The van der Waals surface area contributed by atoms with E-state index in [9.17, 15) is 14.7 Å². The molecule has 1 aliphatic heterocycles. The lowest BCUT2D eigenvalue weighted by molar-refractivity contribution is -0.129. The van der Waals surface area contributed by atoms with Crippen LogP contribution in [0.1, 0.15) is 66.4 Å². The van der Waals surface area contributed by atoms with Gasteiger partial charge in [-0.3, -0.25) is 9.59 Å². The van der Waals surface area contributed by atoms with Gasteiger partial charge in [0.2, 0.25) is 0 Å². The number of rotatable bonds is 6. The minimum atomic E-state index is -1.56. The number of nitrogens with one attached hydrogen (secondary N) is 1. The van der Waals surface area contributed by atoms with Crippen molar-refractivity contribution in [2.24, 2.45) is 29.1 Å². The summed E-state index contributed by atoms with van der Waals surface area (Å²) in [6.45, 7) is 12.9. The van der Waals surface area contributed by atoms with Gasteiger partial charge in [0.05, 0.1) is 5.57 Å². The van der Waals surface area contributed by atoms with Crippen molar-refractivity contribution in [1.82, 2.24) is 5.32 Å². The summed E-state index contributed by atoms with van der Waals surface area (Å²) in [5.41, 5.74) is 2.88. The number of ketones is 1. The molecule has 1 amide bonds. The van der Waals surface area contributed by atoms with Crippen LogP contribution >= 0.6 is 0 Å². The van der Waals surface area contributed by atoms with Gasteiger partial charge in [-0.1, -0.05) is 85.5 Å². The van der Waals surface area contributed by atoms with Gasteiger partial charge in [-0.25, -0.2) is 0 Å². The van der Waals surface area contributed by atoms with Gasteiger partial charge in [0, 0.05) is 18.3 Å². The Morgan fingerprint density at radius 2 is 1.86 bits per heavy atom. The average Bonchev–Trinajstić information content (AvgIpc) is 3.10. The summed E-state index contributed by atoms with van der Waals surface area (Å²) >= 11 is 0. The molecule has 1 heterocycles. The molecule has 0 aromatic heterocycles. The number of Topliss-reactive ketones (excluding diaryl/α,β-unsaturated/α-hetero) is 1. The molecule has 1 aromatic rings. The van der Waals surface area contributed by atoms with Crippen LogP contribution in [-0.4, -0.2) is 22.5 Å². The molecule has 6 atom stereocenters. The minimum Gasteiger partial charge on any atom is -0.367 e. The second-order valence-corrected chi connectivity index (χ2v) is 11.8. The summed E-state index contributed by atoms with van der Waals surface area (Å²) in [6.07, 6.45) is 11.5. The van der Waals surface area contributed by atoms with Crippen molar-refractivity contribution in [2.75, 3.05) is 0 Å². The van der Waals surface area contributed by atoms with Crippen LogP contribution in [0, 0.1) is 29.1 Å². The highest BCUT2D eigenvalue weighted by Gasteiger charge is 2.52. The van der Waals surface area contributed by atoms with E-state index in [1.165, 1.54) is 11.6 Å². The number of hydrogen-bond acceptors (Lipinski definition) is 3. The Labute approximate surface area is 216 Å². The van der Waals surface area contributed by atoms with Crippen LogP contribution in [0.5, 0.6) is 0 Å². The Bertz CT molecular complexity index is 1160. The zero-order valence-corrected chi connectivity index (χ0v) is 22.6. The first-order valence-corrected chi connectivity index (χ1v) is 13.3. The quantitative estimate of drug-likeness (QED) is 0.290. The lowest BCUT2D eigenvalue weighted by Gasteiger charge is -2.52. The second-order valence-electron chi connectivity index (χ2n) is 11.8. The molecule has 2 aliphatic carbocycles. The van der Waals surface area contributed by atoms with Crippen molar-refractivity contribution in [1.29, 1.82) is 0 Å². The standard InChI is InChI=1S/C32H41NO3/c1-7-20(2)15-22(4)27-23(5)17-31(6)16-21(3)13-14-26(31)28(27)29(34)25-19-32(36,33-30(25)35)18-24-11-9-8-10-12-24/h7-12,15,17,19,21,26-28,36H,13-14,16,18H2,1-6H3,(H,33,35)/b20-7+,22-15+/t21-,26+,27-,28+,31+,32-/m1/s1. The van der Waals surface area contributed by atoms with Crippen LogP contribution in [0.15, 0.2) is 76.9 Å². The number of aliphatic hydroxyl groups is 1. The summed E-state index contributed by atoms with van der Waals surface area (Å²) < 4.78 is 0. The molecule has 1 fully saturated rings. The Morgan fingerprint density at radius 1 is 1.17 bits per heavy atom. The maximum atomic E-state index is 14.3. The van der Waals surface area contributed by atoms with Gasteiger partial charge >= 0.3 is 0 Å². The van der Waals surface area contributed by atoms with E-state index in [4.69, 9.17) is 0 Å². The fourth-order valence-corrected chi connectivity index (χ4v) is 7.16. The molecular weight excluding hydrogens is 446 g/mol. The predicted molar refractivity (Wildman–Crippen MR) is 145 cm³/mol. The van der Waals surface area contributed by atoms with Crippen LogP contribution in [0.4, 0.5) is 0 Å². The van der Waals surface area contributed by atoms with Gasteiger partial charge in [0.15, 0.2) is 11.5 Å². The van der Waals surface area contributed by atoms with Crippen LogP contribution in [0.25, 0.3) is 0 Å². The van der Waals surface area contributed by atoms with Crippen LogP contribution in [0.3, 0.4) is 0 Å². The van der Waals surface area contributed by atoms with Crippen molar-refractivity contribution >= 4 is 11.7 Å².